The average molecular weight is 429 g/mol. The van der Waals surface area contributed by atoms with Gasteiger partial charge in [0.1, 0.15) is 0 Å². The Balaban J connectivity index is 1.58. The molecule has 3 saturated heterocycles. The largest absolute Gasteiger partial charge is 0.292 e. The number of benzene rings is 2. The Morgan fingerprint density at radius 2 is 1.66 bits per heavy atom. The molecular formula is C22H18Cl2N2O3. The lowest BCUT2D eigenvalue weighted by atomic mass is 9.85. The summed E-state index contributed by atoms with van der Waals surface area (Å²) in [6.45, 7) is 0.722. The molecule has 3 heterocycles. The first kappa shape index (κ1) is 18.8. The van der Waals surface area contributed by atoms with E-state index in [4.69, 9.17) is 23.2 Å². The van der Waals surface area contributed by atoms with Crippen LogP contribution in [0, 0.1) is 11.8 Å². The molecule has 0 unspecified atom stereocenters. The van der Waals surface area contributed by atoms with Crippen LogP contribution in [0.5, 0.6) is 0 Å². The van der Waals surface area contributed by atoms with Crippen molar-refractivity contribution >= 4 is 46.5 Å². The molecule has 5 nitrogen and oxygen atoms in total. The molecule has 5 rings (SSSR count). The van der Waals surface area contributed by atoms with E-state index in [0.29, 0.717) is 11.3 Å². The van der Waals surface area contributed by atoms with Gasteiger partial charge in [-0.05, 0) is 31.5 Å². The van der Waals surface area contributed by atoms with Gasteiger partial charge in [-0.1, -0.05) is 59.6 Å². The van der Waals surface area contributed by atoms with Gasteiger partial charge in [0.25, 0.3) is 0 Å². The standard InChI is InChI=1S/C22H18Cl2N2O3/c23-13-8-4-9-15(18(13)24)26-21(28)16-14-10-5-11-25(14)19(17(16)22(26)29)20(27)12-6-2-1-3-7-12/h1-4,6-9,14,16-17,19H,5,10-11H2/t14-,16-,17+,19-/m1/s1. The highest BCUT2D eigenvalue weighted by molar-refractivity contribution is 6.45. The van der Waals surface area contributed by atoms with Gasteiger partial charge in [-0.25, -0.2) is 4.90 Å². The fourth-order valence-electron chi connectivity index (χ4n) is 5.19. The minimum absolute atomic E-state index is 0.0999. The molecule has 0 saturated carbocycles. The summed E-state index contributed by atoms with van der Waals surface area (Å²) in [6.07, 6.45) is 1.71. The molecule has 2 aromatic rings. The number of Topliss-reactive ketones (excluding diaryl/α,β-unsaturated/α-hetero) is 1. The number of hydrogen-bond donors (Lipinski definition) is 0. The number of nitrogens with zero attached hydrogens (tertiary/aromatic N) is 2. The van der Waals surface area contributed by atoms with Crippen LogP contribution in [0.15, 0.2) is 48.5 Å². The van der Waals surface area contributed by atoms with Gasteiger partial charge in [0.15, 0.2) is 5.78 Å². The van der Waals surface area contributed by atoms with E-state index in [-0.39, 0.29) is 33.7 Å². The van der Waals surface area contributed by atoms with Crippen molar-refractivity contribution in [2.45, 2.75) is 24.9 Å². The number of amides is 2. The quantitative estimate of drug-likeness (QED) is 0.550. The maximum atomic E-state index is 13.5. The molecular weight excluding hydrogens is 411 g/mol. The van der Waals surface area contributed by atoms with Crippen molar-refractivity contribution in [1.29, 1.82) is 0 Å². The SMILES string of the molecule is O=C(c1ccccc1)[C@H]1[C@H]2C(=O)N(c3cccc(Cl)c3Cl)C(=O)[C@@H]2[C@H]2CCCN21. The van der Waals surface area contributed by atoms with Crippen LogP contribution in [0.1, 0.15) is 23.2 Å². The number of hydrogen-bond acceptors (Lipinski definition) is 4. The number of carbonyl (C=O) groups is 3. The Morgan fingerprint density at radius 3 is 2.41 bits per heavy atom. The van der Waals surface area contributed by atoms with Crippen LogP contribution < -0.4 is 4.90 Å². The maximum absolute atomic E-state index is 13.5. The molecule has 0 N–H and O–H groups in total. The zero-order chi connectivity index (χ0) is 20.3. The molecule has 29 heavy (non-hydrogen) atoms. The molecule has 148 valence electrons. The monoisotopic (exact) mass is 428 g/mol. The van der Waals surface area contributed by atoms with Gasteiger partial charge in [0, 0.05) is 11.6 Å². The average Bonchev–Trinajstić information content (AvgIpc) is 3.37. The van der Waals surface area contributed by atoms with Crippen molar-refractivity contribution in [2.75, 3.05) is 11.4 Å². The summed E-state index contributed by atoms with van der Waals surface area (Å²) in [5.74, 6) is -1.99. The smallest absolute Gasteiger partial charge is 0.239 e. The molecule has 0 spiro atoms. The van der Waals surface area contributed by atoms with Crippen molar-refractivity contribution in [2.24, 2.45) is 11.8 Å². The van der Waals surface area contributed by atoms with E-state index in [1.807, 2.05) is 6.07 Å². The molecule has 0 radical (unpaired) electrons. The van der Waals surface area contributed by atoms with Crippen LogP contribution in [0.4, 0.5) is 5.69 Å². The van der Waals surface area contributed by atoms with E-state index < -0.39 is 17.9 Å². The molecule has 3 aliphatic rings. The first-order valence-corrected chi connectivity index (χ1v) is 10.4. The van der Waals surface area contributed by atoms with E-state index in [1.165, 1.54) is 0 Å². The fraction of sp³-hybridized carbons (Fsp3) is 0.318. The molecule has 2 aromatic carbocycles. The number of ketones is 1. The Kier molecular flexibility index (Phi) is 4.50. The van der Waals surface area contributed by atoms with Crippen molar-refractivity contribution in [1.82, 2.24) is 4.90 Å². The van der Waals surface area contributed by atoms with Crippen LogP contribution in [0.25, 0.3) is 0 Å². The number of imide groups is 1. The van der Waals surface area contributed by atoms with E-state index >= 15 is 0 Å². The van der Waals surface area contributed by atoms with Gasteiger partial charge in [-0.3, -0.25) is 19.3 Å². The van der Waals surface area contributed by atoms with E-state index in [2.05, 4.69) is 4.90 Å². The lowest BCUT2D eigenvalue weighted by Gasteiger charge is -2.27. The van der Waals surface area contributed by atoms with Gasteiger partial charge >= 0.3 is 0 Å². The minimum Gasteiger partial charge on any atom is -0.292 e. The third-order valence-corrected chi connectivity index (χ3v) is 7.16. The molecule has 0 aliphatic carbocycles. The van der Waals surface area contributed by atoms with Crippen LogP contribution in [0.2, 0.25) is 10.0 Å². The predicted octanol–water partition coefficient (Wildman–Crippen LogP) is 3.83. The summed E-state index contributed by atoms with van der Waals surface area (Å²) < 4.78 is 0. The molecule has 0 bridgehead atoms. The zero-order valence-corrected chi connectivity index (χ0v) is 16.9. The zero-order valence-electron chi connectivity index (χ0n) is 15.4. The van der Waals surface area contributed by atoms with Gasteiger partial charge in [0.2, 0.25) is 11.8 Å². The first-order chi connectivity index (χ1) is 14.0. The summed E-state index contributed by atoms with van der Waals surface area (Å²) >= 11 is 12.4. The van der Waals surface area contributed by atoms with Crippen molar-refractivity contribution in [3.8, 4) is 0 Å². The van der Waals surface area contributed by atoms with Crippen molar-refractivity contribution < 1.29 is 14.4 Å². The number of rotatable bonds is 3. The third kappa shape index (κ3) is 2.68. The number of anilines is 1. The first-order valence-electron chi connectivity index (χ1n) is 9.67. The second-order valence-corrected chi connectivity index (χ2v) is 8.54. The second kappa shape index (κ2) is 6.94. The maximum Gasteiger partial charge on any atom is 0.239 e. The second-order valence-electron chi connectivity index (χ2n) is 7.76. The third-order valence-electron chi connectivity index (χ3n) is 6.35. The topological polar surface area (TPSA) is 57.7 Å². The van der Waals surface area contributed by atoms with Gasteiger partial charge < -0.3 is 0 Å². The highest BCUT2D eigenvalue weighted by atomic mass is 35.5. The summed E-state index contributed by atoms with van der Waals surface area (Å²) in [5.41, 5.74) is 0.849. The summed E-state index contributed by atoms with van der Waals surface area (Å²) in [4.78, 5) is 43.4. The van der Waals surface area contributed by atoms with E-state index in [9.17, 15) is 14.4 Å². The number of halogens is 2. The molecule has 0 aromatic heterocycles. The lowest BCUT2D eigenvalue weighted by Crippen LogP contribution is -2.46. The number of carbonyl (C=O) groups excluding carboxylic acids is 3. The lowest BCUT2D eigenvalue weighted by molar-refractivity contribution is -0.123. The molecule has 2 amide bonds. The van der Waals surface area contributed by atoms with Crippen LogP contribution in [-0.4, -0.2) is 41.1 Å². The molecule has 4 atom stereocenters. The highest BCUT2D eigenvalue weighted by Crippen LogP contribution is 2.49. The Labute approximate surface area is 178 Å². The Morgan fingerprint density at radius 1 is 0.931 bits per heavy atom. The van der Waals surface area contributed by atoms with Crippen LogP contribution in [-0.2, 0) is 9.59 Å². The molecule has 7 heteroatoms. The summed E-state index contributed by atoms with van der Waals surface area (Å²) in [6, 6.07) is 13.1. The Hall–Kier alpha value is -2.21. The summed E-state index contributed by atoms with van der Waals surface area (Å²) in [5, 5.41) is 0.450. The molecule has 3 fully saturated rings. The minimum atomic E-state index is -0.699. The van der Waals surface area contributed by atoms with Gasteiger partial charge in [0.05, 0.1) is 33.6 Å². The van der Waals surface area contributed by atoms with Gasteiger partial charge in [-0.15, -0.1) is 0 Å². The van der Waals surface area contributed by atoms with E-state index in [1.54, 1.807) is 42.5 Å². The normalized spacial score (nSPS) is 28.7. The van der Waals surface area contributed by atoms with Crippen molar-refractivity contribution in [3.63, 3.8) is 0 Å². The van der Waals surface area contributed by atoms with Crippen LogP contribution in [0.3, 0.4) is 0 Å². The van der Waals surface area contributed by atoms with Gasteiger partial charge in [-0.2, -0.15) is 0 Å². The predicted molar refractivity (Wildman–Crippen MR) is 110 cm³/mol. The van der Waals surface area contributed by atoms with Crippen LogP contribution >= 0.6 is 23.2 Å². The Bertz CT molecular complexity index is 1030. The highest BCUT2D eigenvalue weighted by Gasteiger charge is 2.64. The summed E-state index contributed by atoms with van der Waals surface area (Å²) in [7, 11) is 0. The van der Waals surface area contributed by atoms with E-state index in [0.717, 1.165) is 24.3 Å². The van der Waals surface area contributed by atoms with Crippen molar-refractivity contribution in [3.05, 3.63) is 64.1 Å². The molecule has 3 aliphatic heterocycles. The number of fused-ring (bicyclic) bond motifs is 3. The fourth-order valence-corrected chi connectivity index (χ4v) is 5.57.